The molecule has 0 spiro atoms. The van der Waals surface area contributed by atoms with Crippen LogP contribution in [0.25, 0.3) is 0 Å². The number of rotatable bonds is 5. The molecule has 1 atom stereocenters. The van der Waals surface area contributed by atoms with Gasteiger partial charge in [0.05, 0.1) is 13.4 Å². The molecule has 0 fully saturated rings. The van der Waals surface area contributed by atoms with Gasteiger partial charge in [-0.1, -0.05) is 12.1 Å². The zero-order chi connectivity index (χ0) is 13.0. The van der Waals surface area contributed by atoms with E-state index >= 15 is 0 Å². The molecule has 0 radical (unpaired) electrons. The Labute approximate surface area is 111 Å². The number of ether oxygens (including phenoxy) is 1. The van der Waals surface area contributed by atoms with Gasteiger partial charge in [-0.3, -0.25) is 0 Å². The van der Waals surface area contributed by atoms with Gasteiger partial charge in [0, 0.05) is 16.7 Å². The number of thioether (sulfide) groups is 1. The second-order valence-electron chi connectivity index (χ2n) is 4.04. The summed E-state index contributed by atoms with van der Waals surface area (Å²) in [5.74, 6) is 2.60. The first kappa shape index (κ1) is 13.1. The molecule has 2 N–H and O–H groups in total. The number of nitrogens with two attached hydrogens (primary N) is 1. The van der Waals surface area contributed by atoms with E-state index < -0.39 is 0 Å². The maximum Gasteiger partial charge on any atom is 0.119 e. The van der Waals surface area contributed by atoms with Crippen LogP contribution in [0, 0.1) is 6.92 Å². The third-order valence-corrected chi connectivity index (χ3v) is 4.01. The number of hydrogen-bond acceptors (Lipinski definition) is 4. The van der Waals surface area contributed by atoms with Crippen molar-refractivity contribution in [2.45, 2.75) is 17.9 Å². The van der Waals surface area contributed by atoms with Gasteiger partial charge in [-0.15, -0.1) is 11.8 Å². The summed E-state index contributed by atoms with van der Waals surface area (Å²) >= 11 is 1.71. The van der Waals surface area contributed by atoms with Crippen molar-refractivity contribution in [1.82, 2.24) is 0 Å². The van der Waals surface area contributed by atoms with Gasteiger partial charge in [-0.2, -0.15) is 0 Å². The highest BCUT2D eigenvalue weighted by Gasteiger charge is 2.09. The van der Waals surface area contributed by atoms with Gasteiger partial charge in [0.2, 0.25) is 0 Å². The first-order valence-corrected chi connectivity index (χ1v) is 6.75. The van der Waals surface area contributed by atoms with Gasteiger partial charge in [-0.25, -0.2) is 0 Å². The van der Waals surface area contributed by atoms with Crippen molar-refractivity contribution in [1.29, 1.82) is 0 Å². The minimum absolute atomic E-state index is 0.0144. The van der Waals surface area contributed by atoms with Gasteiger partial charge in [0.25, 0.3) is 0 Å². The molecule has 3 nitrogen and oxygen atoms in total. The van der Waals surface area contributed by atoms with E-state index in [1.54, 1.807) is 25.1 Å². The molecule has 1 heterocycles. The Hall–Kier alpha value is -1.39. The van der Waals surface area contributed by atoms with E-state index in [1.165, 1.54) is 0 Å². The van der Waals surface area contributed by atoms with Gasteiger partial charge in [0.15, 0.2) is 0 Å². The minimum Gasteiger partial charge on any atom is -0.497 e. The predicted octanol–water partition coefficient (Wildman–Crippen LogP) is 3.39. The van der Waals surface area contributed by atoms with Gasteiger partial charge in [-0.05, 0) is 30.7 Å². The van der Waals surface area contributed by atoms with Crippen LogP contribution in [0.2, 0.25) is 0 Å². The fourth-order valence-electron chi connectivity index (χ4n) is 1.67. The molecule has 0 aliphatic heterocycles. The van der Waals surface area contributed by atoms with Crippen LogP contribution in [0.3, 0.4) is 0 Å². The topological polar surface area (TPSA) is 48.4 Å². The second-order valence-corrected chi connectivity index (χ2v) is 5.10. The van der Waals surface area contributed by atoms with E-state index in [9.17, 15) is 0 Å². The van der Waals surface area contributed by atoms with Crippen molar-refractivity contribution in [3.63, 3.8) is 0 Å². The minimum atomic E-state index is -0.0144. The lowest BCUT2D eigenvalue weighted by Gasteiger charge is -2.12. The fraction of sp³-hybridized carbons (Fsp3) is 0.286. The van der Waals surface area contributed by atoms with E-state index in [0.717, 1.165) is 27.7 Å². The van der Waals surface area contributed by atoms with Crippen molar-refractivity contribution in [2.24, 2.45) is 5.73 Å². The van der Waals surface area contributed by atoms with Crippen molar-refractivity contribution in [3.05, 3.63) is 47.9 Å². The summed E-state index contributed by atoms with van der Waals surface area (Å²) in [5, 5.41) is 0. The second kappa shape index (κ2) is 5.98. The summed E-state index contributed by atoms with van der Waals surface area (Å²) in [6, 6.07) is 9.84. The van der Waals surface area contributed by atoms with Crippen LogP contribution in [0.4, 0.5) is 0 Å². The lowest BCUT2D eigenvalue weighted by molar-refractivity contribution is 0.414. The molecular formula is C14H17NO2S. The number of methoxy groups -OCH3 is 1. The fourth-order valence-corrected chi connectivity index (χ4v) is 2.63. The highest BCUT2D eigenvalue weighted by Crippen LogP contribution is 2.27. The molecule has 0 bridgehead atoms. The summed E-state index contributed by atoms with van der Waals surface area (Å²) in [4.78, 5) is 1.15. The number of hydrogen-bond donors (Lipinski definition) is 1. The maximum atomic E-state index is 6.18. The van der Waals surface area contributed by atoms with Gasteiger partial charge in [0.1, 0.15) is 11.5 Å². The third kappa shape index (κ3) is 3.09. The van der Waals surface area contributed by atoms with E-state index in [4.69, 9.17) is 14.9 Å². The zero-order valence-corrected chi connectivity index (χ0v) is 11.4. The van der Waals surface area contributed by atoms with Crippen molar-refractivity contribution in [3.8, 4) is 5.75 Å². The van der Waals surface area contributed by atoms with Crippen LogP contribution in [-0.4, -0.2) is 12.9 Å². The average molecular weight is 263 g/mol. The van der Waals surface area contributed by atoms with Gasteiger partial charge < -0.3 is 14.9 Å². The van der Waals surface area contributed by atoms with Crippen LogP contribution in [0.15, 0.2) is 45.9 Å². The van der Waals surface area contributed by atoms with Crippen LogP contribution >= 0.6 is 11.8 Å². The lowest BCUT2D eigenvalue weighted by Crippen LogP contribution is -2.12. The smallest absolute Gasteiger partial charge is 0.119 e. The van der Waals surface area contributed by atoms with Crippen molar-refractivity contribution in [2.75, 3.05) is 12.9 Å². The Morgan fingerprint density at radius 1 is 1.39 bits per heavy atom. The Bertz CT molecular complexity index is 510. The highest BCUT2D eigenvalue weighted by atomic mass is 32.2. The number of benzene rings is 1. The monoisotopic (exact) mass is 263 g/mol. The van der Waals surface area contributed by atoms with Crippen molar-refractivity contribution < 1.29 is 9.15 Å². The molecule has 1 unspecified atom stereocenters. The van der Waals surface area contributed by atoms with Gasteiger partial charge >= 0.3 is 0 Å². The molecule has 0 amide bonds. The first-order chi connectivity index (χ1) is 8.70. The Kier molecular flexibility index (Phi) is 4.33. The quantitative estimate of drug-likeness (QED) is 0.840. The molecular weight excluding hydrogens is 246 g/mol. The molecule has 2 rings (SSSR count). The summed E-state index contributed by atoms with van der Waals surface area (Å²) < 4.78 is 10.5. The van der Waals surface area contributed by atoms with E-state index in [2.05, 4.69) is 0 Å². The SMILES string of the molecule is COc1cccc(C(N)CSc2ccoc2C)c1. The maximum absolute atomic E-state index is 6.18. The summed E-state index contributed by atoms with van der Waals surface area (Å²) in [6.45, 7) is 1.96. The van der Waals surface area contributed by atoms with Crippen LogP contribution in [-0.2, 0) is 0 Å². The first-order valence-electron chi connectivity index (χ1n) is 5.77. The largest absolute Gasteiger partial charge is 0.497 e. The normalized spacial score (nSPS) is 12.4. The summed E-state index contributed by atoms with van der Waals surface area (Å²) in [6.07, 6.45) is 1.70. The Morgan fingerprint density at radius 3 is 2.89 bits per heavy atom. The molecule has 1 aromatic carbocycles. The lowest BCUT2D eigenvalue weighted by atomic mass is 10.1. The van der Waals surface area contributed by atoms with E-state index in [0.29, 0.717) is 0 Å². The molecule has 1 aromatic heterocycles. The Balaban J connectivity index is 1.99. The van der Waals surface area contributed by atoms with Crippen LogP contribution in [0.5, 0.6) is 5.75 Å². The van der Waals surface area contributed by atoms with Crippen molar-refractivity contribution >= 4 is 11.8 Å². The van der Waals surface area contributed by atoms with Crippen LogP contribution < -0.4 is 10.5 Å². The molecule has 4 heteroatoms. The predicted molar refractivity (Wildman–Crippen MR) is 74.1 cm³/mol. The molecule has 0 aliphatic rings. The summed E-state index contributed by atoms with van der Waals surface area (Å²) in [5.41, 5.74) is 7.26. The molecule has 96 valence electrons. The summed E-state index contributed by atoms with van der Waals surface area (Å²) in [7, 11) is 1.66. The third-order valence-electron chi connectivity index (χ3n) is 2.75. The average Bonchev–Trinajstić information content (AvgIpc) is 2.81. The Morgan fingerprint density at radius 2 is 2.22 bits per heavy atom. The molecule has 0 saturated carbocycles. The van der Waals surface area contributed by atoms with E-state index in [1.807, 2.05) is 37.3 Å². The molecule has 18 heavy (non-hydrogen) atoms. The number of aryl methyl sites for hydroxylation is 1. The number of furan rings is 1. The standard InChI is InChI=1S/C14H17NO2S/c1-10-14(6-7-17-10)18-9-13(15)11-4-3-5-12(8-11)16-2/h3-8,13H,9,15H2,1-2H3. The highest BCUT2D eigenvalue weighted by molar-refractivity contribution is 7.99. The molecule has 0 aliphatic carbocycles. The van der Waals surface area contributed by atoms with Crippen LogP contribution in [0.1, 0.15) is 17.4 Å². The van der Waals surface area contributed by atoms with E-state index in [-0.39, 0.29) is 6.04 Å². The molecule has 2 aromatic rings. The molecule has 0 saturated heterocycles. The zero-order valence-electron chi connectivity index (χ0n) is 10.6.